The van der Waals surface area contributed by atoms with Crippen LogP contribution in [-0.2, 0) is 4.79 Å². The summed E-state index contributed by atoms with van der Waals surface area (Å²) >= 11 is 1.60. The second kappa shape index (κ2) is 8.84. The number of nitrogens with zero attached hydrogens (tertiary/aromatic N) is 1. The molecular formula is C18H22NO3S+. The SMILES string of the molecule is O=C(CO)[N+](CCSCCO)(c1ccccc1)c1ccccc1. The van der Waals surface area contributed by atoms with Gasteiger partial charge in [-0.3, -0.25) is 0 Å². The first-order chi connectivity index (χ1) is 11.3. The number of aliphatic hydroxyl groups is 2. The van der Waals surface area contributed by atoms with E-state index in [-0.39, 0.29) is 17.0 Å². The van der Waals surface area contributed by atoms with Gasteiger partial charge in [0.25, 0.3) is 0 Å². The molecule has 0 bridgehead atoms. The Balaban J connectivity index is 2.48. The molecule has 5 heteroatoms. The van der Waals surface area contributed by atoms with Crippen LogP contribution in [0.15, 0.2) is 60.7 Å². The van der Waals surface area contributed by atoms with Crippen molar-refractivity contribution in [3.63, 3.8) is 0 Å². The highest BCUT2D eigenvalue weighted by atomic mass is 32.2. The van der Waals surface area contributed by atoms with Crippen molar-refractivity contribution in [2.24, 2.45) is 0 Å². The van der Waals surface area contributed by atoms with Crippen LogP contribution < -0.4 is 4.48 Å². The fourth-order valence-corrected chi connectivity index (χ4v) is 3.41. The summed E-state index contributed by atoms with van der Waals surface area (Å²) in [5.41, 5.74) is 1.67. The molecule has 0 radical (unpaired) electrons. The van der Waals surface area contributed by atoms with Crippen LogP contribution >= 0.6 is 11.8 Å². The molecule has 1 amide bonds. The second-order valence-electron chi connectivity index (χ2n) is 5.09. The van der Waals surface area contributed by atoms with E-state index in [1.165, 1.54) is 0 Å². The first-order valence-corrected chi connectivity index (χ1v) is 8.73. The smallest absolute Gasteiger partial charge is 0.349 e. The number of aliphatic hydroxyl groups excluding tert-OH is 2. The number of quaternary nitrogens is 1. The van der Waals surface area contributed by atoms with Crippen molar-refractivity contribution in [2.75, 3.05) is 31.3 Å². The third-order valence-corrected chi connectivity index (χ3v) is 4.70. The average Bonchev–Trinajstić information content (AvgIpc) is 2.63. The van der Waals surface area contributed by atoms with E-state index < -0.39 is 6.61 Å². The summed E-state index contributed by atoms with van der Waals surface area (Å²) in [4.78, 5) is 12.8. The summed E-state index contributed by atoms with van der Waals surface area (Å²) < 4.78 is -0.0173. The van der Waals surface area contributed by atoms with Gasteiger partial charge < -0.3 is 10.2 Å². The molecule has 0 aliphatic carbocycles. The number of hydrogen-bond donors (Lipinski definition) is 2. The van der Waals surface area contributed by atoms with E-state index in [4.69, 9.17) is 5.11 Å². The lowest BCUT2D eigenvalue weighted by molar-refractivity contribution is -0.130. The number of carbonyl (C=O) groups excluding carboxylic acids is 1. The van der Waals surface area contributed by atoms with E-state index in [1.54, 1.807) is 11.8 Å². The Labute approximate surface area is 141 Å². The molecule has 2 N–H and O–H groups in total. The maximum absolute atomic E-state index is 12.8. The molecule has 2 rings (SSSR count). The van der Waals surface area contributed by atoms with Crippen LogP contribution in [0.4, 0.5) is 11.4 Å². The summed E-state index contributed by atoms with van der Waals surface area (Å²) in [6, 6.07) is 19.1. The number of carbonyl (C=O) groups is 1. The van der Waals surface area contributed by atoms with E-state index in [0.29, 0.717) is 18.1 Å². The first-order valence-electron chi connectivity index (χ1n) is 7.58. The molecule has 0 fully saturated rings. The highest BCUT2D eigenvalue weighted by Crippen LogP contribution is 2.35. The van der Waals surface area contributed by atoms with Crippen LogP contribution in [0.3, 0.4) is 0 Å². The van der Waals surface area contributed by atoms with Gasteiger partial charge in [0.05, 0.1) is 6.61 Å². The summed E-state index contributed by atoms with van der Waals surface area (Å²) in [6.45, 7) is 0.127. The van der Waals surface area contributed by atoms with Gasteiger partial charge in [-0.25, -0.2) is 4.79 Å². The van der Waals surface area contributed by atoms with Gasteiger partial charge in [-0.1, -0.05) is 36.4 Å². The Morgan fingerprint density at radius 2 is 1.39 bits per heavy atom. The molecule has 122 valence electrons. The number of para-hydroxylation sites is 2. The molecule has 0 aliphatic heterocycles. The molecule has 0 aromatic heterocycles. The van der Waals surface area contributed by atoms with Crippen LogP contribution in [0.25, 0.3) is 0 Å². The third-order valence-electron chi connectivity index (χ3n) is 3.76. The molecule has 0 saturated carbocycles. The zero-order valence-electron chi connectivity index (χ0n) is 13.0. The Morgan fingerprint density at radius 1 is 0.870 bits per heavy atom. The molecule has 23 heavy (non-hydrogen) atoms. The average molecular weight is 332 g/mol. The fourth-order valence-electron chi connectivity index (χ4n) is 2.67. The topological polar surface area (TPSA) is 57.5 Å². The standard InChI is InChI=1S/C18H22NO3S/c20-12-14-23-13-11-19(18(22)15-21,16-7-3-1-4-8-16)17-9-5-2-6-10-17/h1-10,20-21H,11-15H2/q+1. The monoisotopic (exact) mass is 332 g/mol. The maximum atomic E-state index is 12.8. The van der Waals surface area contributed by atoms with Gasteiger partial charge in [0.2, 0.25) is 0 Å². The van der Waals surface area contributed by atoms with Gasteiger partial charge in [-0.2, -0.15) is 16.2 Å². The lowest BCUT2D eigenvalue weighted by Crippen LogP contribution is -2.52. The lowest BCUT2D eigenvalue weighted by atomic mass is 10.1. The van der Waals surface area contributed by atoms with Gasteiger partial charge in [-0.05, 0) is 0 Å². The van der Waals surface area contributed by atoms with Gasteiger partial charge >= 0.3 is 5.91 Å². The third kappa shape index (κ3) is 4.00. The fraction of sp³-hybridized carbons (Fsp3) is 0.278. The largest absolute Gasteiger partial charge is 0.396 e. The summed E-state index contributed by atoms with van der Waals surface area (Å²) in [7, 11) is 0. The summed E-state index contributed by atoms with van der Waals surface area (Å²) in [6.07, 6.45) is 0. The Hall–Kier alpha value is -1.66. The highest BCUT2D eigenvalue weighted by Gasteiger charge is 2.40. The predicted molar refractivity (Wildman–Crippen MR) is 95.7 cm³/mol. The summed E-state index contributed by atoms with van der Waals surface area (Å²) in [5, 5.41) is 18.5. The van der Waals surface area contributed by atoms with E-state index in [0.717, 1.165) is 11.4 Å². The molecule has 4 nitrogen and oxygen atoms in total. The van der Waals surface area contributed by atoms with Crippen molar-refractivity contribution in [3.05, 3.63) is 60.7 Å². The van der Waals surface area contributed by atoms with Crippen molar-refractivity contribution < 1.29 is 15.0 Å². The molecule has 0 spiro atoms. The van der Waals surface area contributed by atoms with Crippen LogP contribution in [0, 0.1) is 0 Å². The number of benzene rings is 2. The van der Waals surface area contributed by atoms with Crippen LogP contribution in [-0.4, -0.2) is 47.4 Å². The lowest BCUT2D eigenvalue weighted by Gasteiger charge is -2.34. The van der Waals surface area contributed by atoms with Gasteiger partial charge in [0.15, 0.2) is 6.61 Å². The van der Waals surface area contributed by atoms with E-state index in [2.05, 4.69) is 0 Å². The molecular weight excluding hydrogens is 310 g/mol. The van der Waals surface area contributed by atoms with Crippen molar-refractivity contribution in [2.45, 2.75) is 0 Å². The van der Waals surface area contributed by atoms with Crippen LogP contribution in [0.1, 0.15) is 0 Å². The Bertz CT molecular complexity index is 565. The minimum atomic E-state index is -0.519. The van der Waals surface area contributed by atoms with E-state index >= 15 is 0 Å². The minimum absolute atomic E-state index is 0.0173. The van der Waals surface area contributed by atoms with Crippen molar-refractivity contribution in [1.29, 1.82) is 0 Å². The Kier molecular flexibility index (Phi) is 6.80. The molecule has 0 saturated heterocycles. The molecule has 0 unspecified atom stereocenters. The van der Waals surface area contributed by atoms with Gasteiger partial charge in [0, 0.05) is 35.8 Å². The van der Waals surface area contributed by atoms with Crippen molar-refractivity contribution in [1.82, 2.24) is 4.48 Å². The van der Waals surface area contributed by atoms with Crippen molar-refractivity contribution >= 4 is 29.0 Å². The predicted octanol–water partition coefficient (Wildman–Crippen LogP) is 2.57. The van der Waals surface area contributed by atoms with Gasteiger partial charge in [0.1, 0.15) is 17.9 Å². The summed E-state index contributed by atoms with van der Waals surface area (Å²) in [5.74, 6) is 1.08. The van der Waals surface area contributed by atoms with Crippen LogP contribution in [0.2, 0.25) is 0 Å². The van der Waals surface area contributed by atoms with E-state index in [9.17, 15) is 9.90 Å². The maximum Gasteiger partial charge on any atom is 0.349 e. The molecule has 0 atom stereocenters. The zero-order valence-corrected chi connectivity index (χ0v) is 13.8. The van der Waals surface area contributed by atoms with E-state index in [1.807, 2.05) is 60.7 Å². The van der Waals surface area contributed by atoms with Crippen LogP contribution in [0.5, 0.6) is 0 Å². The number of amides is 1. The quantitative estimate of drug-likeness (QED) is 0.576. The number of thioether (sulfide) groups is 1. The number of hydrogen-bond acceptors (Lipinski definition) is 4. The molecule has 0 aliphatic rings. The number of rotatable bonds is 8. The highest BCUT2D eigenvalue weighted by molar-refractivity contribution is 7.99. The first kappa shape index (κ1) is 17.7. The second-order valence-corrected chi connectivity index (χ2v) is 6.32. The molecule has 2 aromatic carbocycles. The molecule has 0 heterocycles. The zero-order chi connectivity index (χ0) is 16.5. The molecule has 2 aromatic rings. The minimum Gasteiger partial charge on any atom is -0.396 e. The normalized spacial score (nSPS) is 11.4. The van der Waals surface area contributed by atoms with Gasteiger partial charge in [-0.15, -0.1) is 0 Å². The van der Waals surface area contributed by atoms with Crippen molar-refractivity contribution in [3.8, 4) is 0 Å². The Morgan fingerprint density at radius 3 is 1.83 bits per heavy atom.